The van der Waals surface area contributed by atoms with Gasteiger partial charge in [-0.2, -0.15) is 13.2 Å². The highest BCUT2D eigenvalue weighted by atomic mass is 79.9. The fourth-order valence-electron chi connectivity index (χ4n) is 1.60. The third kappa shape index (κ3) is 2.35. The standard InChI is InChI=1S/C11H9BrF3N3/c1-6-5-18(10(16)17-6)7-2-3-9(12)8(4-7)11(13,14)15/h2-5H,1H3,(H2,16,17). The molecule has 0 atom stereocenters. The molecule has 0 bridgehead atoms. The maximum atomic E-state index is 12.8. The highest BCUT2D eigenvalue weighted by molar-refractivity contribution is 9.10. The van der Waals surface area contributed by atoms with E-state index in [2.05, 4.69) is 20.9 Å². The van der Waals surface area contributed by atoms with Crippen molar-refractivity contribution in [2.75, 3.05) is 5.73 Å². The van der Waals surface area contributed by atoms with E-state index in [1.807, 2.05) is 0 Å². The Labute approximate surface area is 110 Å². The molecule has 2 rings (SSSR count). The molecule has 1 aromatic heterocycles. The predicted molar refractivity (Wildman–Crippen MR) is 65.4 cm³/mol. The number of halogens is 4. The Hall–Kier alpha value is -1.50. The summed E-state index contributed by atoms with van der Waals surface area (Å²) < 4.78 is 39.7. The predicted octanol–water partition coefficient (Wildman–Crippen LogP) is 3.54. The molecule has 0 aliphatic heterocycles. The molecule has 2 N–H and O–H groups in total. The Morgan fingerprint density at radius 2 is 2.00 bits per heavy atom. The van der Waals surface area contributed by atoms with Crippen LogP contribution in [0.15, 0.2) is 28.9 Å². The minimum Gasteiger partial charge on any atom is -0.369 e. The van der Waals surface area contributed by atoms with Crippen LogP contribution in [0.1, 0.15) is 11.3 Å². The second-order valence-corrected chi connectivity index (χ2v) is 4.63. The summed E-state index contributed by atoms with van der Waals surface area (Å²) in [4.78, 5) is 3.95. The van der Waals surface area contributed by atoms with Crippen molar-refractivity contribution in [3.05, 3.63) is 40.1 Å². The molecule has 0 saturated carbocycles. The van der Waals surface area contributed by atoms with Gasteiger partial charge in [0.2, 0.25) is 5.95 Å². The lowest BCUT2D eigenvalue weighted by molar-refractivity contribution is -0.138. The first-order chi connectivity index (χ1) is 8.29. The largest absolute Gasteiger partial charge is 0.417 e. The molecule has 0 aliphatic carbocycles. The van der Waals surface area contributed by atoms with E-state index in [4.69, 9.17) is 5.73 Å². The highest BCUT2D eigenvalue weighted by Gasteiger charge is 2.33. The van der Waals surface area contributed by atoms with E-state index < -0.39 is 11.7 Å². The number of alkyl halides is 3. The van der Waals surface area contributed by atoms with Gasteiger partial charge < -0.3 is 5.73 Å². The first-order valence-electron chi connectivity index (χ1n) is 4.97. The number of rotatable bonds is 1. The molecule has 1 aromatic carbocycles. The number of nitrogen functional groups attached to an aromatic ring is 1. The zero-order valence-electron chi connectivity index (χ0n) is 9.29. The summed E-state index contributed by atoms with van der Waals surface area (Å²) in [6, 6.07) is 3.91. The lowest BCUT2D eigenvalue weighted by Crippen LogP contribution is -2.08. The average molecular weight is 320 g/mol. The van der Waals surface area contributed by atoms with Crippen LogP contribution >= 0.6 is 15.9 Å². The van der Waals surface area contributed by atoms with Crippen LogP contribution in [-0.4, -0.2) is 9.55 Å². The van der Waals surface area contributed by atoms with E-state index in [1.54, 1.807) is 13.1 Å². The zero-order valence-corrected chi connectivity index (χ0v) is 10.9. The maximum absolute atomic E-state index is 12.8. The fraction of sp³-hybridized carbons (Fsp3) is 0.182. The van der Waals surface area contributed by atoms with Gasteiger partial charge in [0.15, 0.2) is 0 Å². The second-order valence-electron chi connectivity index (χ2n) is 3.77. The molecule has 0 fully saturated rings. The van der Waals surface area contributed by atoms with Gasteiger partial charge in [-0.15, -0.1) is 0 Å². The molecule has 0 spiro atoms. The monoisotopic (exact) mass is 319 g/mol. The molecule has 3 nitrogen and oxygen atoms in total. The van der Waals surface area contributed by atoms with Crippen molar-refractivity contribution >= 4 is 21.9 Å². The number of nitrogens with two attached hydrogens (primary N) is 1. The first kappa shape index (κ1) is 12.9. The molecule has 18 heavy (non-hydrogen) atoms. The smallest absolute Gasteiger partial charge is 0.369 e. The third-order valence-corrected chi connectivity index (χ3v) is 3.08. The van der Waals surface area contributed by atoms with Crippen molar-refractivity contribution < 1.29 is 13.2 Å². The Kier molecular flexibility index (Phi) is 3.10. The molecule has 0 amide bonds. The molecule has 1 heterocycles. The molecule has 0 unspecified atom stereocenters. The Morgan fingerprint density at radius 3 is 2.50 bits per heavy atom. The maximum Gasteiger partial charge on any atom is 0.417 e. The van der Waals surface area contributed by atoms with E-state index in [1.165, 1.54) is 16.7 Å². The number of aromatic nitrogens is 2. The van der Waals surface area contributed by atoms with Gasteiger partial charge in [0.1, 0.15) is 0 Å². The molecular weight excluding hydrogens is 311 g/mol. The minimum atomic E-state index is -4.42. The van der Waals surface area contributed by atoms with Crippen molar-refractivity contribution in [3.8, 4) is 5.69 Å². The lowest BCUT2D eigenvalue weighted by atomic mass is 10.2. The average Bonchev–Trinajstić information content (AvgIpc) is 2.57. The summed E-state index contributed by atoms with van der Waals surface area (Å²) in [6.07, 6.45) is -2.84. The molecule has 0 radical (unpaired) electrons. The van der Waals surface area contributed by atoms with E-state index in [0.717, 1.165) is 6.07 Å². The van der Waals surface area contributed by atoms with Crippen LogP contribution in [0, 0.1) is 6.92 Å². The number of anilines is 1. The van der Waals surface area contributed by atoms with Crippen LogP contribution in [0.3, 0.4) is 0 Å². The summed E-state index contributed by atoms with van der Waals surface area (Å²) in [7, 11) is 0. The summed E-state index contributed by atoms with van der Waals surface area (Å²) >= 11 is 2.89. The van der Waals surface area contributed by atoms with Crippen LogP contribution in [0.25, 0.3) is 5.69 Å². The number of benzene rings is 1. The molecular formula is C11H9BrF3N3. The fourth-order valence-corrected chi connectivity index (χ4v) is 2.07. The number of imidazole rings is 1. The summed E-state index contributed by atoms with van der Waals surface area (Å²) in [5.41, 5.74) is 5.85. The molecule has 0 aliphatic rings. The van der Waals surface area contributed by atoms with Crippen LogP contribution < -0.4 is 5.73 Å². The number of nitrogens with zero attached hydrogens (tertiary/aromatic N) is 2. The Balaban J connectivity index is 2.57. The number of hydrogen-bond acceptors (Lipinski definition) is 2. The minimum absolute atomic E-state index is 0.00541. The van der Waals surface area contributed by atoms with Gasteiger partial charge in [0, 0.05) is 16.4 Å². The van der Waals surface area contributed by atoms with Crippen LogP contribution in [-0.2, 0) is 6.18 Å². The van der Waals surface area contributed by atoms with Crippen molar-refractivity contribution in [2.45, 2.75) is 13.1 Å². The van der Waals surface area contributed by atoms with Gasteiger partial charge in [-0.3, -0.25) is 4.57 Å². The van der Waals surface area contributed by atoms with Gasteiger partial charge in [0.25, 0.3) is 0 Å². The van der Waals surface area contributed by atoms with Gasteiger partial charge in [-0.1, -0.05) is 15.9 Å². The summed E-state index contributed by atoms with van der Waals surface area (Å²) in [5.74, 6) is 0.156. The summed E-state index contributed by atoms with van der Waals surface area (Å²) in [6.45, 7) is 1.72. The SMILES string of the molecule is Cc1cn(-c2ccc(Br)c(C(F)(F)F)c2)c(N)n1. The Bertz CT molecular complexity index is 590. The van der Waals surface area contributed by atoms with Gasteiger partial charge in [-0.25, -0.2) is 4.98 Å². The van der Waals surface area contributed by atoms with E-state index in [-0.39, 0.29) is 10.4 Å². The van der Waals surface area contributed by atoms with E-state index in [9.17, 15) is 13.2 Å². The van der Waals surface area contributed by atoms with Crippen molar-refractivity contribution in [1.82, 2.24) is 9.55 Å². The molecule has 2 aromatic rings. The number of aryl methyl sites for hydroxylation is 1. The van der Waals surface area contributed by atoms with E-state index >= 15 is 0 Å². The van der Waals surface area contributed by atoms with Crippen LogP contribution in [0.4, 0.5) is 19.1 Å². The zero-order chi connectivity index (χ0) is 13.5. The molecule has 0 saturated heterocycles. The summed E-state index contributed by atoms with van der Waals surface area (Å²) in [5, 5.41) is 0. The van der Waals surface area contributed by atoms with Crippen LogP contribution in [0.2, 0.25) is 0 Å². The van der Waals surface area contributed by atoms with Gasteiger partial charge >= 0.3 is 6.18 Å². The highest BCUT2D eigenvalue weighted by Crippen LogP contribution is 2.36. The topological polar surface area (TPSA) is 43.8 Å². The van der Waals surface area contributed by atoms with Crippen molar-refractivity contribution in [3.63, 3.8) is 0 Å². The van der Waals surface area contributed by atoms with Gasteiger partial charge in [0.05, 0.1) is 11.3 Å². The normalized spacial score (nSPS) is 11.8. The lowest BCUT2D eigenvalue weighted by Gasteiger charge is -2.12. The van der Waals surface area contributed by atoms with Crippen molar-refractivity contribution in [2.24, 2.45) is 0 Å². The van der Waals surface area contributed by atoms with Crippen molar-refractivity contribution in [1.29, 1.82) is 0 Å². The van der Waals surface area contributed by atoms with Crippen LogP contribution in [0.5, 0.6) is 0 Å². The third-order valence-electron chi connectivity index (χ3n) is 2.39. The van der Waals surface area contributed by atoms with Gasteiger partial charge in [-0.05, 0) is 25.1 Å². The second kappa shape index (κ2) is 4.31. The quantitative estimate of drug-likeness (QED) is 0.873. The molecule has 96 valence electrons. The van der Waals surface area contributed by atoms with E-state index in [0.29, 0.717) is 11.4 Å². The molecule has 7 heteroatoms. The first-order valence-corrected chi connectivity index (χ1v) is 5.77. The number of hydrogen-bond donors (Lipinski definition) is 1. The Morgan fingerprint density at radius 1 is 1.33 bits per heavy atom.